The number of benzene rings is 1. The van der Waals surface area contributed by atoms with Gasteiger partial charge in [0, 0.05) is 12.0 Å². The summed E-state index contributed by atoms with van der Waals surface area (Å²) in [4.78, 5) is 24.3. The molecule has 0 unspecified atom stereocenters. The van der Waals surface area contributed by atoms with Gasteiger partial charge in [0.2, 0.25) is 0 Å². The molecule has 0 saturated carbocycles. The van der Waals surface area contributed by atoms with Crippen LogP contribution in [0.2, 0.25) is 0 Å². The van der Waals surface area contributed by atoms with Crippen LogP contribution in [-0.4, -0.2) is 31.1 Å². The minimum atomic E-state index is -1.00. The van der Waals surface area contributed by atoms with Crippen molar-refractivity contribution in [2.24, 2.45) is 0 Å². The van der Waals surface area contributed by atoms with E-state index < -0.39 is 11.5 Å². The van der Waals surface area contributed by atoms with Crippen LogP contribution >= 0.6 is 0 Å². The van der Waals surface area contributed by atoms with Crippen LogP contribution in [0, 0.1) is 0 Å². The van der Waals surface area contributed by atoms with E-state index in [1.807, 2.05) is 13.0 Å². The fraction of sp³-hybridized carbons (Fsp3) is 0.500. The van der Waals surface area contributed by atoms with Gasteiger partial charge < -0.3 is 14.8 Å². The first-order valence-electron chi connectivity index (χ1n) is 7.17. The highest BCUT2D eigenvalue weighted by molar-refractivity contribution is 5.98. The third-order valence-corrected chi connectivity index (χ3v) is 3.73. The van der Waals surface area contributed by atoms with Crippen LogP contribution in [-0.2, 0) is 16.0 Å². The van der Waals surface area contributed by atoms with Gasteiger partial charge in [0.1, 0.15) is 11.3 Å². The Kier molecular flexibility index (Phi) is 4.50. The van der Waals surface area contributed by atoms with E-state index >= 15 is 0 Å². The van der Waals surface area contributed by atoms with E-state index in [1.165, 1.54) is 7.11 Å². The van der Waals surface area contributed by atoms with Gasteiger partial charge in [-0.3, -0.25) is 4.79 Å². The average Bonchev–Trinajstić information content (AvgIpc) is 2.93. The number of esters is 1. The number of ether oxygens (including phenoxy) is 2. The molecule has 0 aliphatic carbocycles. The molecule has 0 bridgehead atoms. The number of carbonyl (C=O) groups is 2. The Bertz CT molecular complexity index is 555. The van der Waals surface area contributed by atoms with E-state index in [9.17, 15) is 9.59 Å². The number of nitrogens with one attached hydrogen (secondary N) is 1. The summed E-state index contributed by atoms with van der Waals surface area (Å²) in [6, 6.07) is 5.33. The number of amides is 1. The molecule has 0 aromatic heterocycles. The van der Waals surface area contributed by atoms with Crippen LogP contribution in [0.15, 0.2) is 18.2 Å². The van der Waals surface area contributed by atoms with Crippen molar-refractivity contribution < 1.29 is 19.1 Å². The highest BCUT2D eigenvalue weighted by Gasteiger charge is 2.35. The number of rotatable bonds is 5. The zero-order chi connectivity index (χ0) is 15.5. The first-order valence-corrected chi connectivity index (χ1v) is 7.17. The van der Waals surface area contributed by atoms with Gasteiger partial charge in [-0.05, 0) is 37.1 Å². The van der Waals surface area contributed by atoms with E-state index in [4.69, 9.17) is 9.47 Å². The third-order valence-electron chi connectivity index (χ3n) is 3.73. The highest BCUT2D eigenvalue weighted by Crippen LogP contribution is 2.26. The number of carbonyl (C=O) groups excluding carboxylic acids is 2. The monoisotopic (exact) mass is 291 g/mol. The van der Waals surface area contributed by atoms with Crippen molar-refractivity contribution in [3.8, 4) is 5.75 Å². The molecule has 1 aliphatic rings. The fourth-order valence-corrected chi connectivity index (χ4v) is 2.59. The molecule has 114 valence electrons. The lowest BCUT2D eigenvalue weighted by Crippen LogP contribution is -2.52. The molecule has 1 aliphatic heterocycles. The Hall–Kier alpha value is -2.04. The molecule has 5 heteroatoms. The van der Waals surface area contributed by atoms with E-state index in [2.05, 4.69) is 5.32 Å². The van der Waals surface area contributed by atoms with Crippen LogP contribution in [0.1, 0.15) is 42.6 Å². The molecule has 1 heterocycles. The van der Waals surface area contributed by atoms with E-state index in [-0.39, 0.29) is 5.91 Å². The van der Waals surface area contributed by atoms with Gasteiger partial charge in [0.25, 0.3) is 5.91 Å². The first-order chi connectivity index (χ1) is 10.00. The number of fused-ring (bicyclic) bond motifs is 1. The van der Waals surface area contributed by atoms with Crippen molar-refractivity contribution in [2.75, 3.05) is 13.7 Å². The fourth-order valence-electron chi connectivity index (χ4n) is 2.59. The lowest BCUT2D eigenvalue weighted by atomic mass is 9.95. The van der Waals surface area contributed by atoms with Gasteiger partial charge >= 0.3 is 5.97 Å². The Morgan fingerprint density at radius 2 is 2.19 bits per heavy atom. The molecule has 21 heavy (non-hydrogen) atoms. The molecule has 0 spiro atoms. The van der Waals surface area contributed by atoms with E-state index in [0.717, 1.165) is 24.2 Å². The summed E-state index contributed by atoms with van der Waals surface area (Å²) in [5, 5.41) is 2.80. The Morgan fingerprint density at radius 3 is 2.86 bits per heavy atom. The van der Waals surface area contributed by atoms with Gasteiger partial charge in [-0.15, -0.1) is 0 Å². The van der Waals surface area contributed by atoms with Crippen molar-refractivity contribution >= 4 is 11.9 Å². The zero-order valence-electron chi connectivity index (χ0n) is 12.7. The molecule has 0 fully saturated rings. The SMILES string of the molecule is CCC[C@@](C)(NC(=O)c1ccc2c(c1)CCO2)C(=O)OC. The average molecular weight is 291 g/mol. The minimum Gasteiger partial charge on any atom is -0.493 e. The Balaban J connectivity index is 2.17. The summed E-state index contributed by atoms with van der Waals surface area (Å²) >= 11 is 0. The molecule has 1 N–H and O–H groups in total. The van der Waals surface area contributed by atoms with Gasteiger partial charge in [-0.2, -0.15) is 0 Å². The van der Waals surface area contributed by atoms with Crippen molar-refractivity contribution in [2.45, 2.75) is 38.6 Å². The Labute approximate surface area is 124 Å². The van der Waals surface area contributed by atoms with Gasteiger partial charge in [0.15, 0.2) is 0 Å². The molecule has 1 aromatic carbocycles. The number of hydrogen-bond acceptors (Lipinski definition) is 4. The molecule has 1 atom stereocenters. The molecule has 1 amide bonds. The molecule has 0 radical (unpaired) electrons. The molecular weight excluding hydrogens is 270 g/mol. The van der Waals surface area contributed by atoms with Crippen molar-refractivity contribution in [1.82, 2.24) is 5.32 Å². The van der Waals surface area contributed by atoms with Crippen molar-refractivity contribution in [3.63, 3.8) is 0 Å². The van der Waals surface area contributed by atoms with Crippen molar-refractivity contribution in [1.29, 1.82) is 0 Å². The second-order valence-electron chi connectivity index (χ2n) is 5.45. The van der Waals surface area contributed by atoms with Crippen LogP contribution in [0.3, 0.4) is 0 Å². The molecule has 2 rings (SSSR count). The predicted molar refractivity (Wildman–Crippen MR) is 78.4 cm³/mol. The second-order valence-corrected chi connectivity index (χ2v) is 5.45. The maximum absolute atomic E-state index is 12.4. The number of methoxy groups -OCH3 is 1. The second kappa shape index (κ2) is 6.16. The van der Waals surface area contributed by atoms with Gasteiger partial charge in [-0.25, -0.2) is 4.79 Å². The molecule has 0 saturated heterocycles. The quantitative estimate of drug-likeness (QED) is 0.844. The smallest absolute Gasteiger partial charge is 0.331 e. The van der Waals surface area contributed by atoms with E-state index in [1.54, 1.807) is 19.1 Å². The topological polar surface area (TPSA) is 64.6 Å². The summed E-state index contributed by atoms with van der Waals surface area (Å²) in [6.07, 6.45) is 2.10. The zero-order valence-corrected chi connectivity index (χ0v) is 12.7. The summed E-state index contributed by atoms with van der Waals surface area (Å²) in [6.45, 7) is 4.30. The molecular formula is C16H21NO4. The standard InChI is InChI=1S/C16H21NO4/c1-4-8-16(2,15(19)20-3)17-14(18)12-5-6-13-11(10-12)7-9-21-13/h5-6,10H,4,7-9H2,1-3H3,(H,17,18)/t16-/m1/s1. The normalized spacial score (nSPS) is 15.6. The maximum Gasteiger partial charge on any atom is 0.331 e. The summed E-state index contributed by atoms with van der Waals surface area (Å²) in [5.41, 5.74) is 0.555. The molecule has 5 nitrogen and oxygen atoms in total. The van der Waals surface area contributed by atoms with Crippen LogP contribution in [0.25, 0.3) is 0 Å². The van der Waals surface area contributed by atoms with Gasteiger partial charge in [-0.1, -0.05) is 13.3 Å². The Morgan fingerprint density at radius 1 is 1.43 bits per heavy atom. The summed E-state index contributed by atoms with van der Waals surface area (Å²) in [7, 11) is 1.33. The van der Waals surface area contributed by atoms with Crippen molar-refractivity contribution in [3.05, 3.63) is 29.3 Å². The summed E-state index contributed by atoms with van der Waals surface area (Å²) in [5.74, 6) is 0.129. The largest absolute Gasteiger partial charge is 0.493 e. The molecule has 1 aromatic rings. The van der Waals surface area contributed by atoms with Crippen LogP contribution < -0.4 is 10.1 Å². The highest BCUT2D eigenvalue weighted by atomic mass is 16.5. The lowest BCUT2D eigenvalue weighted by Gasteiger charge is -2.27. The van der Waals surface area contributed by atoms with Crippen LogP contribution in [0.5, 0.6) is 5.75 Å². The predicted octanol–water partition coefficient (Wildman–Crippen LogP) is 2.08. The van der Waals surface area contributed by atoms with E-state index in [0.29, 0.717) is 18.6 Å². The van der Waals surface area contributed by atoms with Crippen LogP contribution in [0.4, 0.5) is 0 Å². The lowest BCUT2D eigenvalue weighted by molar-refractivity contribution is -0.147. The number of hydrogen-bond donors (Lipinski definition) is 1. The maximum atomic E-state index is 12.4. The third kappa shape index (κ3) is 3.17. The summed E-state index contributed by atoms with van der Waals surface area (Å²) < 4.78 is 10.2. The van der Waals surface area contributed by atoms with Gasteiger partial charge in [0.05, 0.1) is 13.7 Å². The first kappa shape index (κ1) is 15.4. The minimum absolute atomic E-state index is 0.272.